The first-order valence-corrected chi connectivity index (χ1v) is 9.43. The average Bonchev–Trinajstić information content (AvgIpc) is 2.96. The fraction of sp³-hybridized carbons (Fsp3) is 0.0500. The van der Waals surface area contributed by atoms with E-state index in [9.17, 15) is 9.59 Å². The maximum atomic E-state index is 12.5. The van der Waals surface area contributed by atoms with Crippen molar-refractivity contribution >= 4 is 51.9 Å². The number of carbonyl (C=O) groups excluding carboxylic acids is 2. The predicted molar refractivity (Wildman–Crippen MR) is 114 cm³/mol. The zero-order valence-electron chi connectivity index (χ0n) is 14.3. The molecule has 136 valence electrons. The Morgan fingerprint density at radius 2 is 1.74 bits per heavy atom. The third kappa shape index (κ3) is 5.29. The molecule has 0 aromatic heterocycles. The molecule has 2 N–H and O–H groups in total. The molecule has 1 aliphatic heterocycles. The lowest BCUT2D eigenvalue weighted by atomic mass is 10.2. The van der Waals surface area contributed by atoms with Crippen molar-refractivity contribution in [3.63, 3.8) is 0 Å². The van der Waals surface area contributed by atoms with Crippen molar-refractivity contribution in [2.75, 3.05) is 12.0 Å². The molecule has 1 heterocycles. The maximum Gasteiger partial charge on any atom is 0.266 e. The van der Waals surface area contributed by atoms with Crippen molar-refractivity contribution in [2.24, 2.45) is 0 Å². The Balaban J connectivity index is 1.56. The quantitative estimate of drug-likeness (QED) is 0.445. The number of hydrogen-bond donors (Lipinski definition) is 2. The number of nitrogens with zero attached hydrogens (tertiary/aromatic N) is 1. The van der Waals surface area contributed by atoms with Gasteiger partial charge in [0.1, 0.15) is 10.9 Å². The Morgan fingerprint density at radius 1 is 1.07 bits per heavy atom. The largest absolute Gasteiger partial charge is 0.299 e. The van der Waals surface area contributed by atoms with Crippen LogP contribution in [0.4, 0.5) is 5.69 Å². The van der Waals surface area contributed by atoms with E-state index in [1.165, 1.54) is 16.7 Å². The van der Waals surface area contributed by atoms with Gasteiger partial charge in [-0.2, -0.15) is 0 Å². The minimum Gasteiger partial charge on any atom is -0.299 e. The Morgan fingerprint density at radius 3 is 2.44 bits per heavy atom. The van der Waals surface area contributed by atoms with E-state index in [1.807, 2.05) is 66.7 Å². The van der Waals surface area contributed by atoms with E-state index in [1.54, 1.807) is 12.2 Å². The summed E-state index contributed by atoms with van der Waals surface area (Å²) in [6.45, 7) is -0.135. The first-order valence-electron chi connectivity index (χ1n) is 8.20. The van der Waals surface area contributed by atoms with Crippen LogP contribution in [0.15, 0.2) is 77.7 Å². The van der Waals surface area contributed by atoms with Gasteiger partial charge < -0.3 is 0 Å². The number of hydrogen-bond acceptors (Lipinski definition) is 5. The Kier molecular flexibility index (Phi) is 6.40. The van der Waals surface area contributed by atoms with Crippen LogP contribution in [-0.2, 0) is 9.59 Å². The average molecular weight is 396 g/mol. The Hall–Kier alpha value is -2.90. The highest BCUT2D eigenvalue weighted by atomic mass is 32.2. The van der Waals surface area contributed by atoms with Crippen LogP contribution in [0.2, 0.25) is 0 Å². The van der Waals surface area contributed by atoms with Crippen molar-refractivity contribution in [2.45, 2.75) is 0 Å². The molecule has 1 saturated heterocycles. The molecule has 2 amide bonds. The van der Waals surface area contributed by atoms with Crippen molar-refractivity contribution < 1.29 is 9.59 Å². The zero-order valence-corrected chi connectivity index (χ0v) is 15.9. The first-order chi connectivity index (χ1) is 13.1. The minimum atomic E-state index is -0.351. The van der Waals surface area contributed by atoms with Crippen molar-refractivity contribution in [1.82, 2.24) is 10.3 Å². The van der Waals surface area contributed by atoms with E-state index in [0.717, 1.165) is 11.3 Å². The number of rotatable bonds is 6. The monoisotopic (exact) mass is 395 g/mol. The summed E-state index contributed by atoms with van der Waals surface area (Å²) < 4.78 is 0.370. The number of thiocarbonyl (C=S) groups is 1. The van der Waals surface area contributed by atoms with Crippen molar-refractivity contribution in [3.05, 3.63) is 83.3 Å². The smallest absolute Gasteiger partial charge is 0.266 e. The van der Waals surface area contributed by atoms with E-state index in [-0.39, 0.29) is 18.4 Å². The molecule has 0 aliphatic carbocycles. The highest BCUT2D eigenvalue weighted by molar-refractivity contribution is 8.26. The molecule has 0 unspecified atom stereocenters. The number of allylic oxidation sites excluding steroid dienone is 2. The van der Waals surface area contributed by atoms with Crippen molar-refractivity contribution in [3.8, 4) is 0 Å². The SMILES string of the molecule is O=C(CN1C(=O)C(=CC=Cc2ccccc2)SC1=S)NNc1ccccc1. The minimum absolute atomic E-state index is 0.135. The molecule has 2 aromatic carbocycles. The molecule has 5 nitrogen and oxygen atoms in total. The van der Waals surface area contributed by atoms with Crippen LogP contribution < -0.4 is 10.9 Å². The molecule has 0 radical (unpaired) electrons. The highest BCUT2D eigenvalue weighted by Crippen LogP contribution is 2.30. The standard InChI is InChI=1S/C20H17N3O2S2/c24-18(22-21-16-11-5-2-6-12-16)14-23-19(25)17(27-20(23)26)13-7-10-15-8-3-1-4-9-15/h1-13,21H,14H2,(H,22,24). The molecular weight excluding hydrogens is 378 g/mol. The summed E-state index contributed by atoms with van der Waals surface area (Å²) in [5.74, 6) is -0.617. The number of hydrazine groups is 1. The van der Waals surface area contributed by atoms with Gasteiger partial charge in [-0.1, -0.05) is 84.7 Å². The van der Waals surface area contributed by atoms with Crippen LogP contribution in [0, 0.1) is 0 Å². The highest BCUT2D eigenvalue weighted by Gasteiger charge is 2.32. The van der Waals surface area contributed by atoms with Gasteiger partial charge in [-0.05, 0) is 23.8 Å². The second-order valence-electron chi connectivity index (χ2n) is 5.60. The van der Waals surface area contributed by atoms with Crippen LogP contribution in [-0.4, -0.2) is 27.6 Å². The number of carbonyl (C=O) groups is 2. The molecule has 2 aromatic rings. The molecule has 3 rings (SSSR count). The molecule has 1 aliphatic rings. The summed E-state index contributed by atoms with van der Waals surface area (Å²) >= 11 is 6.43. The number of thioether (sulfide) groups is 1. The maximum absolute atomic E-state index is 12.5. The number of anilines is 1. The van der Waals surface area contributed by atoms with Gasteiger partial charge in [0, 0.05) is 0 Å². The van der Waals surface area contributed by atoms with Crippen LogP contribution in [0.5, 0.6) is 0 Å². The summed E-state index contributed by atoms with van der Waals surface area (Å²) in [6.07, 6.45) is 5.42. The topological polar surface area (TPSA) is 61.4 Å². The summed E-state index contributed by atoms with van der Waals surface area (Å²) in [5, 5.41) is 0. The van der Waals surface area contributed by atoms with Gasteiger partial charge in [-0.15, -0.1) is 0 Å². The van der Waals surface area contributed by atoms with Crippen LogP contribution in [0.3, 0.4) is 0 Å². The van der Waals surface area contributed by atoms with Gasteiger partial charge in [0.15, 0.2) is 0 Å². The lowest BCUT2D eigenvalue weighted by Crippen LogP contribution is -2.41. The number of para-hydroxylation sites is 1. The molecule has 0 saturated carbocycles. The lowest BCUT2D eigenvalue weighted by molar-refractivity contribution is -0.128. The van der Waals surface area contributed by atoms with E-state index >= 15 is 0 Å². The second-order valence-corrected chi connectivity index (χ2v) is 7.27. The van der Waals surface area contributed by atoms with Crippen molar-refractivity contribution in [1.29, 1.82) is 0 Å². The van der Waals surface area contributed by atoms with E-state index in [0.29, 0.717) is 9.23 Å². The normalized spacial score (nSPS) is 15.6. The summed E-state index contributed by atoms with van der Waals surface area (Å²) in [5.41, 5.74) is 7.15. The Labute approximate surface area is 167 Å². The van der Waals surface area contributed by atoms with E-state index in [2.05, 4.69) is 10.9 Å². The fourth-order valence-corrected chi connectivity index (χ4v) is 3.51. The number of benzene rings is 2. The van der Waals surface area contributed by atoms with Gasteiger partial charge in [0.2, 0.25) is 0 Å². The fourth-order valence-electron chi connectivity index (χ4n) is 2.31. The third-order valence-corrected chi connectivity index (χ3v) is 5.03. The van der Waals surface area contributed by atoms with Crippen LogP contribution in [0.25, 0.3) is 6.08 Å². The summed E-state index contributed by atoms with van der Waals surface area (Å²) in [6, 6.07) is 19.0. The van der Waals surface area contributed by atoms with E-state index in [4.69, 9.17) is 12.2 Å². The number of nitrogens with one attached hydrogen (secondary N) is 2. The van der Waals surface area contributed by atoms with Gasteiger partial charge in [-0.3, -0.25) is 25.3 Å². The first kappa shape index (κ1) is 18.9. The van der Waals surface area contributed by atoms with Gasteiger partial charge in [0.05, 0.1) is 10.6 Å². The Bertz CT molecular complexity index is 896. The molecular formula is C20H17N3O2S2. The van der Waals surface area contributed by atoms with Gasteiger partial charge >= 0.3 is 0 Å². The van der Waals surface area contributed by atoms with Crippen LogP contribution in [0.1, 0.15) is 5.56 Å². The summed E-state index contributed by atoms with van der Waals surface area (Å²) in [4.78, 5) is 26.4. The second kappa shape index (κ2) is 9.16. The lowest BCUT2D eigenvalue weighted by Gasteiger charge is -2.15. The molecule has 27 heavy (non-hydrogen) atoms. The number of amides is 2. The molecule has 7 heteroatoms. The predicted octanol–water partition coefficient (Wildman–Crippen LogP) is 3.59. The summed E-state index contributed by atoms with van der Waals surface area (Å²) in [7, 11) is 0. The van der Waals surface area contributed by atoms with Gasteiger partial charge in [-0.25, -0.2) is 0 Å². The molecule has 0 bridgehead atoms. The molecule has 1 fully saturated rings. The van der Waals surface area contributed by atoms with E-state index < -0.39 is 0 Å². The van der Waals surface area contributed by atoms with Crippen LogP contribution >= 0.6 is 24.0 Å². The van der Waals surface area contributed by atoms with Gasteiger partial charge in [0.25, 0.3) is 11.8 Å². The molecule has 0 atom stereocenters. The molecule has 0 spiro atoms. The third-order valence-electron chi connectivity index (χ3n) is 3.63. The zero-order chi connectivity index (χ0) is 19.1.